The highest BCUT2D eigenvalue weighted by atomic mass is 16.1. The lowest BCUT2D eigenvalue weighted by Crippen LogP contribution is -2.02. The maximum atomic E-state index is 10.9. The SMILES string of the molecule is NCCc1cccc(-c2c[nH]c(=O)[nH]2)c1. The van der Waals surface area contributed by atoms with Gasteiger partial charge in [-0.25, -0.2) is 4.79 Å². The number of nitrogens with one attached hydrogen (secondary N) is 2. The van der Waals surface area contributed by atoms with Crippen molar-refractivity contribution in [3.05, 3.63) is 46.5 Å². The minimum atomic E-state index is -0.186. The lowest BCUT2D eigenvalue weighted by Gasteiger charge is -2.01. The molecule has 15 heavy (non-hydrogen) atoms. The molecule has 0 saturated carbocycles. The number of nitrogens with two attached hydrogens (primary N) is 1. The smallest absolute Gasteiger partial charge is 0.323 e. The number of imidazole rings is 1. The molecule has 4 nitrogen and oxygen atoms in total. The van der Waals surface area contributed by atoms with E-state index in [0.717, 1.165) is 17.7 Å². The molecule has 0 spiro atoms. The molecule has 0 bridgehead atoms. The van der Waals surface area contributed by atoms with Crippen LogP contribution in [0.4, 0.5) is 0 Å². The van der Waals surface area contributed by atoms with Crippen molar-refractivity contribution in [3.63, 3.8) is 0 Å². The molecule has 1 aromatic carbocycles. The van der Waals surface area contributed by atoms with Crippen molar-refractivity contribution in [1.29, 1.82) is 0 Å². The van der Waals surface area contributed by atoms with Crippen LogP contribution in [-0.2, 0) is 6.42 Å². The summed E-state index contributed by atoms with van der Waals surface area (Å²) in [4.78, 5) is 16.2. The van der Waals surface area contributed by atoms with E-state index in [1.807, 2.05) is 24.3 Å². The number of hydrogen-bond acceptors (Lipinski definition) is 2. The summed E-state index contributed by atoms with van der Waals surface area (Å²) in [5.41, 5.74) is 8.29. The summed E-state index contributed by atoms with van der Waals surface area (Å²) < 4.78 is 0. The lowest BCUT2D eigenvalue weighted by atomic mass is 10.1. The fraction of sp³-hybridized carbons (Fsp3) is 0.182. The van der Waals surface area contributed by atoms with Crippen molar-refractivity contribution in [2.24, 2.45) is 5.73 Å². The lowest BCUT2D eigenvalue weighted by molar-refractivity contribution is 0.969. The Morgan fingerprint density at radius 2 is 2.20 bits per heavy atom. The van der Waals surface area contributed by atoms with Gasteiger partial charge in [0.25, 0.3) is 0 Å². The number of benzene rings is 1. The molecule has 2 aromatic rings. The van der Waals surface area contributed by atoms with Gasteiger partial charge in [-0.1, -0.05) is 18.2 Å². The van der Waals surface area contributed by atoms with Crippen molar-refractivity contribution in [1.82, 2.24) is 9.97 Å². The van der Waals surface area contributed by atoms with E-state index in [4.69, 9.17) is 5.73 Å². The zero-order chi connectivity index (χ0) is 10.7. The maximum absolute atomic E-state index is 10.9. The second-order valence-electron chi connectivity index (χ2n) is 3.40. The van der Waals surface area contributed by atoms with Gasteiger partial charge in [-0.2, -0.15) is 0 Å². The average Bonchev–Trinajstić information content (AvgIpc) is 2.66. The van der Waals surface area contributed by atoms with E-state index >= 15 is 0 Å². The second kappa shape index (κ2) is 4.14. The van der Waals surface area contributed by atoms with Gasteiger partial charge >= 0.3 is 5.69 Å². The molecule has 0 saturated heterocycles. The zero-order valence-corrected chi connectivity index (χ0v) is 8.29. The van der Waals surface area contributed by atoms with Crippen molar-refractivity contribution in [3.8, 4) is 11.3 Å². The van der Waals surface area contributed by atoms with E-state index in [0.29, 0.717) is 6.54 Å². The van der Waals surface area contributed by atoms with Gasteiger partial charge in [0.2, 0.25) is 0 Å². The topological polar surface area (TPSA) is 74.7 Å². The summed E-state index contributed by atoms with van der Waals surface area (Å²) >= 11 is 0. The third-order valence-electron chi connectivity index (χ3n) is 2.27. The zero-order valence-electron chi connectivity index (χ0n) is 8.29. The Morgan fingerprint density at radius 1 is 1.33 bits per heavy atom. The molecule has 0 fully saturated rings. The second-order valence-corrected chi connectivity index (χ2v) is 3.40. The van der Waals surface area contributed by atoms with Gasteiger partial charge < -0.3 is 15.7 Å². The van der Waals surface area contributed by atoms with Crippen LogP contribution in [-0.4, -0.2) is 16.5 Å². The van der Waals surface area contributed by atoms with E-state index in [2.05, 4.69) is 9.97 Å². The van der Waals surface area contributed by atoms with Crippen LogP contribution in [0.2, 0.25) is 0 Å². The number of H-pyrrole nitrogens is 2. The largest absolute Gasteiger partial charge is 0.330 e. The first-order valence-corrected chi connectivity index (χ1v) is 4.86. The van der Waals surface area contributed by atoms with Gasteiger partial charge in [-0.05, 0) is 30.2 Å². The summed E-state index contributed by atoms with van der Waals surface area (Å²) in [6.07, 6.45) is 2.52. The molecule has 0 radical (unpaired) electrons. The van der Waals surface area contributed by atoms with Crippen LogP contribution in [0.5, 0.6) is 0 Å². The fourth-order valence-electron chi connectivity index (χ4n) is 1.55. The Balaban J connectivity index is 2.36. The highest BCUT2D eigenvalue weighted by Crippen LogP contribution is 2.16. The third-order valence-corrected chi connectivity index (χ3v) is 2.27. The third kappa shape index (κ3) is 2.16. The summed E-state index contributed by atoms with van der Waals surface area (Å²) in [5.74, 6) is 0. The summed E-state index contributed by atoms with van der Waals surface area (Å²) in [6, 6.07) is 7.98. The van der Waals surface area contributed by atoms with Gasteiger partial charge in [0.05, 0.1) is 5.69 Å². The number of rotatable bonds is 3. The quantitative estimate of drug-likeness (QED) is 0.692. The number of aromatic nitrogens is 2. The molecular weight excluding hydrogens is 190 g/mol. The van der Waals surface area contributed by atoms with Crippen molar-refractivity contribution in [2.75, 3.05) is 6.54 Å². The minimum absolute atomic E-state index is 0.186. The molecule has 0 unspecified atom stereocenters. The van der Waals surface area contributed by atoms with E-state index < -0.39 is 0 Å². The fourth-order valence-corrected chi connectivity index (χ4v) is 1.55. The van der Waals surface area contributed by atoms with Crippen LogP contribution in [0.3, 0.4) is 0 Å². The highest BCUT2D eigenvalue weighted by molar-refractivity contribution is 5.58. The monoisotopic (exact) mass is 203 g/mol. The standard InChI is InChI=1S/C11H13N3O/c12-5-4-8-2-1-3-9(6-8)10-7-13-11(15)14-10/h1-3,6-7H,4-5,12H2,(H2,13,14,15). The maximum Gasteiger partial charge on any atom is 0.323 e. The highest BCUT2D eigenvalue weighted by Gasteiger charge is 2.00. The molecular formula is C11H13N3O. The molecule has 4 heteroatoms. The Hall–Kier alpha value is -1.81. The number of aromatic amines is 2. The van der Waals surface area contributed by atoms with Gasteiger partial charge in [0.1, 0.15) is 0 Å². The Morgan fingerprint density at radius 3 is 2.87 bits per heavy atom. The van der Waals surface area contributed by atoms with Crippen LogP contribution in [0, 0.1) is 0 Å². The first kappa shape index (κ1) is 9.73. The van der Waals surface area contributed by atoms with E-state index in [1.165, 1.54) is 5.56 Å². The molecule has 0 aliphatic rings. The molecule has 0 atom stereocenters. The molecule has 0 aliphatic carbocycles. The molecule has 1 heterocycles. The predicted molar refractivity (Wildman–Crippen MR) is 59.6 cm³/mol. The van der Waals surface area contributed by atoms with Crippen molar-refractivity contribution in [2.45, 2.75) is 6.42 Å². The first-order valence-electron chi connectivity index (χ1n) is 4.86. The van der Waals surface area contributed by atoms with Crippen LogP contribution < -0.4 is 11.4 Å². The van der Waals surface area contributed by atoms with Gasteiger partial charge in [0, 0.05) is 6.20 Å². The van der Waals surface area contributed by atoms with Crippen LogP contribution in [0.15, 0.2) is 35.3 Å². The Kier molecular flexibility index (Phi) is 2.69. The van der Waals surface area contributed by atoms with Crippen LogP contribution in [0.25, 0.3) is 11.3 Å². The molecule has 0 aliphatic heterocycles. The Labute approximate surface area is 87.1 Å². The molecule has 4 N–H and O–H groups in total. The Bertz CT molecular complexity index is 498. The van der Waals surface area contributed by atoms with Gasteiger partial charge in [-0.15, -0.1) is 0 Å². The molecule has 0 amide bonds. The minimum Gasteiger partial charge on any atom is -0.330 e. The molecule has 78 valence electrons. The van der Waals surface area contributed by atoms with Gasteiger partial charge in [-0.3, -0.25) is 0 Å². The van der Waals surface area contributed by atoms with Crippen molar-refractivity contribution < 1.29 is 0 Å². The van der Waals surface area contributed by atoms with Gasteiger partial charge in [0.15, 0.2) is 0 Å². The van der Waals surface area contributed by atoms with Crippen LogP contribution >= 0.6 is 0 Å². The molecule has 2 rings (SSSR count). The average molecular weight is 203 g/mol. The van der Waals surface area contributed by atoms with E-state index in [9.17, 15) is 4.79 Å². The first-order chi connectivity index (χ1) is 7.29. The van der Waals surface area contributed by atoms with Crippen LogP contribution in [0.1, 0.15) is 5.56 Å². The summed E-state index contributed by atoms with van der Waals surface area (Å²) in [5, 5.41) is 0. The summed E-state index contributed by atoms with van der Waals surface area (Å²) in [7, 11) is 0. The molecule has 1 aromatic heterocycles. The van der Waals surface area contributed by atoms with E-state index in [1.54, 1.807) is 6.20 Å². The normalized spacial score (nSPS) is 10.5. The summed E-state index contributed by atoms with van der Waals surface area (Å²) in [6.45, 7) is 0.632. The van der Waals surface area contributed by atoms with E-state index in [-0.39, 0.29) is 5.69 Å². The predicted octanol–water partition coefficient (Wildman–Crippen LogP) is 0.871. The number of hydrogen-bond donors (Lipinski definition) is 3. The van der Waals surface area contributed by atoms with Crippen molar-refractivity contribution >= 4 is 0 Å².